The minimum absolute atomic E-state index is 0.394. The van der Waals surface area contributed by atoms with Gasteiger partial charge in [0.25, 0.3) is 0 Å². The molecule has 3 nitrogen and oxygen atoms in total. The number of rotatable bonds is 5. The van der Waals surface area contributed by atoms with Gasteiger partial charge >= 0.3 is 0 Å². The number of alkyl halides is 1. The molecule has 0 amide bonds. The molecule has 1 aliphatic rings. The quantitative estimate of drug-likeness (QED) is 0.831. The molecule has 0 aliphatic heterocycles. The Balaban J connectivity index is 1.71. The van der Waals surface area contributed by atoms with Crippen molar-refractivity contribution in [2.75, 3.05) is 6.54 Å². The highest BCUT2D eigenvalue weighted by Gasteiger charge is 2.19. The number of hydrogen-bond acceptors (Lipinski definition) is 2. The van der Waals surface area contributed by atoms with E-state index in [1.807, 2.05) is 4.68 Å². The van der Waals surface area contributed by atoms with Crippen LogP contribution in [0.3, 0.4) is 0 Å². The first-order valence-electron chi connectivity index (χ1n) is 7.04. The van der Waals surface area contributed by atoms with Gasteiger partial charge in [-0.3, -0.25) is 4.68 Å². The molecule has 2 atom stereocenters. The molecule has 0 aromatic carbocycles. The second kappa shape index (κ2) is 6.58. The van der Waals surface area contributed by atoms with Crippen LogP contribution in [0.4, 0.5) is 0 Å². The van der Waals surface area contributed by atoms with E-state index < -0.39 is 0 Å². The first-order valence-corrected chi connectivity index (χ1v) is 7.47. The molecule has 102 valence electrons. The molecule has 1 heterocycles. The Bertz CT molecular complexity index is 362. The molecule has 0 radical (unpaired) electrons. The van der Waals surface area contributed by atoms with Crippen molar-refractivity contribution in [3.63, 3.8) is 0 Å². The summed E-state index contributed by atoms with van der Waals surface area (Å²) in [7, 11) is 0. The Hall–Kier alpha value is -0.540. The molecule has 18 heavy (non-hydrogen) atoms. The Morgan fingerprint density at radius 1 is 1.50 bits per heavy atom. The summed E-state index contributed by atoms with van der Waals surface area (Å²) >= 11 is 6.20. The molecule has 4 heteroatoms. The molecular formula is C14H24ClN3. The molecule has 1 saturated carbocycles. The van der Waals surface area contributed by atoms with Crippen LogP contribution >= 0.6 is 11.6 Å². The third-order valence-corrected chi connectivity index (χ3v) is 4.05. The van der Waals surface area contributed by atoms with Gasteiger partial charge in [0, 0.05) is 24.2 Å². The van der Waals surface area contributed by atoms with Crippen LogP contribution in [-0.2, 0) is 6.54 Å². The zero-order valence-electron chi connectivity index (χ0n) is 11.4. The van der Waals surface area contributed by atoms with Gasteiger partial charge in [0.1, 0.15) is 0 Å². The number of nitrogens with zero attached hydrogens (tertiary/aromatic N) is 2. The summed E-state index contributed by atoms with van der Waals surface area (Å²) in [5.74, 6) is 0.744. The van der Waals surface area contributed by atoms with Gasteiger partial charge < -0.3 is 5.32 Å². The van der Waals surface area contributed by atoms with Crippen LogP contribution in [0.15, 0.2) is 12.3 Å². The van der Waals surface area contributed by atoms with Crippen molar-refractivity contribution >= 4 is 11.6 Å². The fraction of sp³-hybridized carbons (Fsp3) is 0.786. The van der Waals surface area contributed by atoms with Crippen molar-refractivity contribution in [1.29, 1.82) is 0 Å². The Kier molecular flexibility index (Phi) is 5.07. The van der Waals surface area contributed by atoms with Gasteiger partial charge in [0.15, 0.2) is 0 Å². The standard InChI is InChI=1S/C14H24ClN3/c1-11(2)18-7-6-14(17-18)10-16-9-12-4-3-5-13(15)8-12/h6-7,11-13,16H,3-5,8-10H2,1-2H3. The summed E-state index contributed by atoms with van der Waals surface area (Å²) in [6, 6.07) is 2.53. The van der Waals surface area contributed by atoms with E-state index in [-0.39, 0.29) is 0 Å². The number of hydrogen-bond donors (Lipinski definition) is 1. The van der Waals surface area contributed by atoms with E-state index in [1.54, 1.807) is 0 Å². The van der Waals surface area contributed by atoms with Crippen molar-refractivity contribution in [1.82, 2.24) is 15.1 Å². The summed E-state index contributed by atoms with van der Waals surface area (Å²) in [6.45, 7) is 6.22. The Labute approximate surface area is 115 Å². The third-order valence-electron chi connectivity index (χ3n) is 3.65. The summed E-state index contributed by atoms with van der Waals surface area (Å²) in [5.41, 5.74) is 1.13. The zero-order valence-corrected chi connectivity index (χ0v) is 12.2. The first-order chi connectivity index (χ1) is 8.65. The van der Waals surface area contributed by atoms with Gasteiger partial charge in [-0.05, 0) is 51.6 Å². The topological polar surface area (TPSA) is 29.9 Å². The predicted octanol–water partition coefficient (Wildman–Crippen LogP) is 3.35. The van der Waals surface area contributed by atoms with E-state index in [0.29, 0.717) is 11.4 Å². The van der Waals surface area contributed by atoms with E-state index in [0.717, 1.165) is 31.1 Å². The highest BCUT2D eigenvalue weighted by Crippen LogP contribution is 2.27. The molecule has 0 saturated heterocycles. The van der Waals surface area contributed by atoms with Crippen molar-refractivity contribution in [2.45, 2.75) is 57.5 Å². The normalized spacial score (nSPS) is 24.7. The molecule has 1 fully saturated rings. The summed E-state index contributed by atoms with van der Waals surface area (Å²) in [6.07, 6.45) is 7.00. The molecule has 1 aliphatic carbocycles. The first kappa shape index (κ1) is 13.9. The molecular weight excluding hydrogens is 246 g/mol. The van der Waals surface area contributed by atoms with Crippen molar-refractivity contribution in [3.8, 4) is 0 Å². The fourth-order valence-corrected chi connectivity index (χ4v) is 2.98. The van der Waals surface area contributed by atoms with Crippen molar-refractivity contribution in [2.24, 2.45) is 5.92 Å². The molecule has 1 aromatic heterocycles. The van der Waals surface area contributed by atoms with Crippen LogP contribution in [0.5, 0.6) is 0 Å². The average Bonchev–Trinajstić information content (AvgIpc) is 2.78. The van der Waals surface area contributed by atoms with Gasteiger partial charge in [0.2, 0.25) is 0 Å². The van der Waals surface area contributed by atoms with Crippen LogP contribution in [-0.4, -0.2) is 21.7 Å². The third kappa shape index (κ3) is 3.99. The lowest BCUT2D eigenvalue weighted by molar-refractivity contribution is 0.345. The number of aromatic nitrogens is 2. The van der Waals surface area contributed by atoms with Crippen LogP contribution in [0, 0.1) is 5.92 Å². The maximum atomic E-state index is 6.20. The molecule has 0 spiro atoms. The van der Waals surface area contributed by atoms with Crippen LogP contribution in [0.25, 0.3) is 0 Å². The minimum Gasteiger partial charge on any atom is -0.311 e. The average molecular weight is 270 g/mol. The second-order valence-electron chi connectivity index (χ2n) is 5.64. The molecule has 1 aromatic rings. The van der Waals surface area contributed by atoms with Crippen molar-refractivity contribution in [3.05, 3.63) is 18.0 Å². The van der Waals surface area contributed by atoms with E-state index in [1.165, 1.54) is 19.3 Å². The van der Waals surface area contributed by atoms with E-state index >= 15 is 0 Å². The summed E-state index contributed by atoms with van der Waals surface area (Å²) in [4.78, 5) is 0. The van der Waals surface area contributed by atoms with Crippen molar-refractivity contribution < 1.29 is 0 Å². The van der Waals surface area contributed by atoms with Gasteiger partial charge in [-0.15, -0.1) is 11.6 Å². The zero-order chi connectivity index (χ0) is 13.0. The van der Waals surface area contributed by atoms with E-state index in [2.05, 4.69) is 36.5 Å². The summed E-state index contributed by atoms with van der Waals surface area (Å²) < 4.78 is 2.01. The second-order valence-corrected chi connectivity index (χ2v) is 6.26. The van der Waals surface area contributed by atoms with Gasteiger partial charge in [-0.1, -0.05) is 6.42 Å². The monoisotopic (exact) mass is 269 g/mol. The molecule has 2 unspecified atom stereocenters. The molecule has 0 bridgehead atoms. The number of halogens is 1. The highest BCUT2D eigenvalue weighted by molar-refractivity contribution is 6.20. The lowest BCUT2D eigenvalue weighted by Gasteiger charge is -2.25. The fourth-order valence-electron chi connectivity index (χ4n) is 2.57. The van der Waals surface area contributed by atoms with E-state index in [9.17, 15) is 0 Å². The van der Waals surface area contributed by atoms with Gasteiger partial charge in [-0.2, -0.15) is 5.10 Å². The largest absolute Gasteiger partial charge is 0.311 e. The highest BCUT2D eigenvalue weighted by atomic mass is 35.5. The van der Waals surface area contributed by atoms with Crippen LogP contribution in [0.1, 0.15) is 51.3 Å². The predicted molar refractivity (Wildman–Crippen MR) is 75.9 cm³/mol. The van der Waals surface area contributed by atoms with Gasteiger partial charge in [-0.25, -0.2) is 0 Å². The Morgan fingerprint density at radius 2 is 2.33 bits per heavy atom. The number of nitrogens with one attached hydrogen (secondary N) is 1. The van der Waals surface area contributed by atoms with Crippen LogP contribution < -0.4 is 5.32 Å². The lowest BCUT2D eigenvalue weighted by atomic mass is 9.89. The SMILES string of the molecule is CC(C)n1ccc(CNCC2CCCC(Cl)C2)n1. The van der Waals surface area contributed by atoms with Gasteiger partial charge in [0.05, 0.1) is 5.69 Å². The maximum absolute atomic E-state index is 6.20. The van der Waals surface area contributed by atoms with Crippen LogP contribution in [0.2, 0.25) is 0 Å². The summed E-state index contributed by atoms with van der Waals surface area (Å²) in [5, 5.41) is 8.44. The minimum atomic E-state index is 0.394. The smallest absolute Gasteiger partial charge is 0.0762 e. The molecule has 2 rings (SSSR count). The van der Waals surface area contributed by atoms with E-state index in [4.69, 9.17) is 11.6 Å². The maximum Gasteiger partial charge on any atom is 0.0762 e. The lowest BCUT2D eigenvalue weighted by Crippen LogP contribution is -2.27. The Morgan fingerprint density at radius 3 is 3.00 bits per heavy atom. The molecule has 1 N–H and O–H groups in total.